The van der Waals surface area contributed by atoms with E-state index in [-0.39, 0.29) is 5.78 Å². The van der Waals surface area contributed by atoms with Crippen molar-refractivity contribution in [2.24, 2.45) is 7.05 Å². The number of hydrogen-bond acceptors (Lipinski definition) is 3. The van der Waals surface area contributed by atoms with Gasteiger partial charge in [-0.15, -0.1) is 0 Å². The lowest BCUT2D eigenvalue weighted by Crippen LogP contribution is -2.05. The number of benzene rings is 1. The summed E-state index contributed by atoms with van der Waals surface area (Å²) in [5.74, 6) is 0.866. The van der Waals surface area contributed by atoms with Crippen LogP contribution < -0.4 is 4.74 Å². The van der Waals surface area contributed by atoms with Crippen molar-refractivity contribution in [3.63, 3.8) is 0 Å². The molecule has 4 nitrogen and oxygen atoms in total. The summed E-state index contributed by atoms with van der Waals surface area (Å²) in [4.78, 5) is 12.3. The van der Waals surface area contributed by atoms with Gasteiger partial charge in [0.25, 0.3) is 0 Å². The Morgan fingerprint density at radius 1 is 1.42 bits per heavy atom. The molecule has 0 saturated carbocycles. The quantitative estimate of drug-likeness (QED) is 0.774. The van der Waals surface area contributed by atoms with Gasteiger partial charge in [0, 0.05) is 19.7 Å². The molecule has 2 aromatic rings. The van der Waals surface area contributed by atoms with Crippen molar-refractivity contribution in [1.29, 1.82) is 0 Å². The highest BCUT2D eigenvalue weighted by Crippen LogP contribution is 2.16. The molecule has 19 heavy (non-hydrogen) atoms. The fraction of sp³-hybridized carbons (Fsp3) is 0.333. The van der Waals surface area contributed by atoms with E-state index in [4.69, 9.17) is 4.74 Å². The maximum atomic E-state index is 12.3. The van der Waals surface area contributed by atoms with Crippen LogP contribution in [0.15, 0.2) is 30.5 Å². The van der Waals surface area contributed by atoms with Crippen LogP contribution in [0.3, 0.4) is 0 Å². The Morgan fingerprint density at radius 2 is 2.21 bits per heavy atom. The molecule has 0 aliphatic carbocycles. The van der Waals surface area contributed by atoms with E-state index in [1.807, 2.05) is 38.2 Å². The van der Waals surface area contributed by atoms with Crippen molar-refractivity contribution in [3.8, 4) is 5.75 Å². The molecule has 100 valence electrons. The number of ether oxygens (including phenoxy) is 1. The van der Waals surface area contributed by atoms with Gasteiger partial charge in [-0.3, -0.25) is 9.48 Å². The number of Topliss-reactive ketones (excluding diaryl/α,β-unsaturated/α-hetero) is 1. The molecule has 0 aliphatic heterocycles. The zero-order valence-corrected chi connectivity index (χ0v) is 11.5. The lowest BCUT2D eigenvalue weighted by atomic mass is 10.0. The molecule has 0 atom stereocenters. The minimum Gasteiger partial charge on any atom is -0.497 e. The van der Waals surface area contributed by atoms with Crippen LogP contribution in [-0.4, -0.2) is 22.7 Å². The summed E-state index contributed by atoms with van der Waals surface area (Å²) >= 11 is 0. The number of methoxy groups -OCH3 is 1. The van der Waals surface area contributed by atoms with Gasteiger partial charge in [0.15, 0.2) is 5.78 Å². The third kappa shape index (κ3) is 3.02. The second-order valence-electron chi connectivity index (χ2n) is 4.47. The molecule has 0 spiro atoms. The SMILES string of the molecule is CCc1nn(C)cc1C(=O)Cc1cccc(OC)c1. The molecule has 1 aromatic heterocycles. The molecule has 1 heterocycles. The van der Waals surface area contributed by atoms with Gasteiger partial charge in [-0.25, -0.2) is 0 Å². The van der Waals surface area contributed by atoms with E-state index in [0.29, 0.717) is 12.0 Å². The average molecular weight is 258 g/mol. The maximum Gasteiger partial charge on any atom is 0.170 e. The highest BCUT2D eigenvalue weighted by atomic mass is 16.5. The smallest absolute Gasteiger partial charge is 0.170 e. The Balaban J connectivity index is 2.20. The summed E-state index contributed by atoms with van der Waals surface area (Å²) in [6.07, 6.45) is 2.93. The standard InChI is InChI=1S/C15H18N2O2/c1-4-14-13(10-17(2)16-14)15(18)9-11-6-5-7-12(8-11)19-3/h5-8,10H,4,9H2,1-3H3. The summed E-state index contributed by atoms with van der Waals surface area (Å²) in [5.41, 5.74) is 2.53. The Kier molecular flexibility index (Phi) is 4.00. The number of aryl methyl sites for hydroxylation is 2. The minimum atomic E-state index is 0.0956. The highest BCUT2D eigenvalue weighted by molar-refractivity contribution is 5.98. The zero-order valence-electron chi connectivity index (χ0n) is 11.5. The van der Waals surface area contributed by atoms with E-state index < -0.39 is 0 Å². The van der Waals surface area contributed by atoms with Crippen LogP contribution in [0.25, 0.3) is 0 Å². The van der Waals surface area contributed by atoms with Crippen molar-refractivity contribution < 1.29 is 9.53 Å². The van der Waals surface area contributed by atoms with E-state index in [1.54, 1.807) is 18.0 Å². The van der Waals surface area contributed by atoms with Crippen molar-refractivity contribution in [3.05, 3.63) is 47.3 Å². The van der Waals surface area contributed by atoms with E-state index in [0.717, 1.165) is 23.4 Å². The predicted molar refractivity (Wildman–Crippen MR) is 73.6 cm³/mol. The van der Waals surface area contributed by atoms with Gasteiger partial charge < -0.3 is 4.74 Å². The first-order chi connectivity index (χ1) is 9.13. The summed E-state index contributed by atoms with van der Waals surface area (Å²) in [7, 11) is 3.46. The van der Waals surface area contributed by atoms with Crippen LogP contribution in [0.2, 0.25) is 0 Å². The Hall–Kier alpha value is -2.10. The molecule has 0 saturated heterocycles. The molecule has 1 aromatic carbocycles. The second kappa shape index (κ2) is 5.69. The van der Waals surface area contributed by atoms with Crippen LogP contribution in [0.4, 0.5) is 0 Å². The van der Waals surface area contributed by atoms with Gasteiger partial charge in [-0.2, -0.15) is 5.10 Å². The first kappa shape index (κ1) is 13.3. The van der Waals surface area contributed by atoms with Crippen LogP contribution in [-0.2, 0) is 19.9 Å². The monoisotopic (exact) mass is 258 g/mol. The lowest BCUT2D eigenvalue weighted by Gasteiger charge is -2.04. The number of hydrogen-bond donors (Lipinski definition) is 0. The second-order valence-corrected chi connectivity index (χ2v) is 4.47. The first-order valence-electron chi connectivity index (χ1n) is 6.32. The highest BCUT2D eigenvalue weighted by Gasteiger charge is 2.14. The number of nitrogens with zero attached hydrogens (tertiary/aromatic N) is 2. The normalized spacial score (nSPS) is 10.5. The fourth-order valence-electron chi connectivity index (χ4n) is 2.09. The summed E-state index contributed by atoms with van der Waals surface area (Å²) in [6, 6.07) is 7.59. The number of rotatable bonds is 5. The Morgan fingerprint density at radius 3 is 2.89 bits per heavy atom. The summed E-state index contributed by atoms with van der Waals surface area (Å²) in [6.45, 7) is 2.00. The minimum absolute atomic E-state index is 0.0956. The lowest BCUT2D eigenvalue weighted by molar-refractivity contribution is 0.0992. The van der Waals surface area contributed by atoms with E-state index >= 15 is 0 Å². The number of carbonyl (C=O) groups excluding carboxylic acids is 1. The van der Waals surface area contributed by atoms with Gasteiger partial charge in [-0.05, 0) is 24.1 Å². The maximum absolute atomic E-state index is 12.3. The zero-order chi connectivity index (χ0) is 13.8. The average Bonchev–Trinajstić information content (AvgIpc) is 2.80. The van der Waals surface area contributed by atoms with Crippen molar-refractivity contribution in [1.82, 2.24) is 9.78 Å². The Bertz CT molecular complexity index is 588. The molecule has 4 heteroatoms. The number of carbonyl (C=O) groups is 1. The molecule has 0 N–H and O–H groups in total. The van der Waals surface area contributed by atoms with Crippen molar-refractivity contribution in [2.45, 2.75) is 19.8 Å². The van der Waals surface area contributed by atoms with E-state index in [2.05, 4.69) is 5.10 Å². The van der Waals surface area contributed by atoms with Crippen LogP contribution in [0.1, 0.15) is 28.5 Å². The topological polar surface area (TPSA) is 44.1 Å². The molecule has 0 unspecified atom stereocenters. The van der Waals surface area contributed by atoms with Gasteiger partial charge in [0.1, 0.15) is 5.75 Å². The molecule has 0 bridgehead atoms. The molecule has 0 amide bonds. The first-order valence-corrected chi connectivity index (χ1v) is 6.32. The van der Waals surface area contributed by atoms with Gasteiger partial charge in [0.2, 0.25) is 0 Å². The number of aromatic nitrogens is 2. The van der Waals surface area contributed by atoms with Gasteiger partial charge in [0.05, 0.1) is 18.4 Å². The molecule has 2 rings (SSSR count). The van der Waals surface area contributed by atoms with Crippen LogP contribution in [0.5, 0.6) is 5.75 Å². The molecule has 0 fully saturated rings. The van der Waals surface area contributed by atoms with Gasteiger partial charge >= 0.3 is 0 Å². The molecular formula is C15H18N2O2. The third-order valence-electron chi connectivity index (χ3n) is 3.04. The molecule has 0 aliphatic rings. The van der Waals surface area contributed by atoms with E-state index in [1.165, 1.54) is 0 Å². The predicted octanol–water partition coefficient (Wildman–Crippen LogP) is 2.42. The third-order valence-corrected chi connectivity index (χ3v) is 3.04. The van der Waals surface area contributed by atoms with Crippen molar-refractivity contribution >= 4 is 5.78 Å². The van der Waals surface area contributed by atoms with Crippen LogP contribution in [0, 0.1) is 0 Å². The molecular weight excluding hydrogens is 240 g/mol. The summed E-state index contributed by atoms with van der Waals surface area (Å²) < 4.78 is 6.86. The Labute approximate surface area is 113 Å². The van der Waals surface area contributed by atoms with Crippen molar-refractivity contribution in [2.75, 3.05) is 7.11 Å². The largest absolute Gasteiger partial charge is 0.497 e. The van der Waals surface area contributed by atoms with Crippen LogP contribution >= 0.6 is 0 Å². The van der Waals surface area contributed by atoms with E-state index in [9.17, 15) is 4.79 Å². The summed E-state index contributed by atoms with van der Waals surface area (Å²) in [5, 5.41) is 4.30. The number of ketones is 1. The van der Waals surface area contributed by atoms with Gasteiger partial charge in [-0.1, -0.05) is 19.1 Å². The molecule has 0 radical (unpaired) electrons. The fourth-order valence-corrected chi connectivity index (χ4v) is 2.09.